The van der Waals surface area contributed by atoms with Gasteiger partial charge in [-0.05, 0) is 42.8 Å². The van der Waals surface area contributed by atoms with Crippen molar-refractivity contribution in [2.24, 2.45) is 0 Å². The first-order valence-corrected chi connectivity index (χ1v) is 11.4. The van der Waals surface area contributed by atoms with E-state index in [1.165, 1.54) is 12.1 Å². The standard InChI is InChI=1S/C28H26FNO6/c1-16-27-19(14-30(15-35-27)13-17-5-7-20(29)8-6-17)9-21-26(31)25(36-28(16)21)11-18-10-23(33-3)24(34-4)12-22(18)32-2/h5-12H,13-15H2,1-4H3/b25-11-. The third-order valence-corrected chi connectivity index (χ3v) is 6.34. The predicted molar refractivity (Wildman–Crippen MR) is 131 cm³/mol. The molecule has 0 fully saturated rings. The lowest BCUT2D eigenvalue weighted by Gasteiger charge is -2.30. The van der Waals surface area contributed by atoms with Crippen LogP contribution >= 0.6 is 0 Å². The Labute approximate surface area is 208 Å². The number of allylic oxidation sites excluding steroid dienone is 1. The quantitative estimate of drug-likeness (QED) is 0.443. The normalized spacial score (nSPS) is 15.7. The number of halogens is 1. The van der Waals surface area contributed by atoms with Crippen LogP contribution in [0.4, 0.5) is 4.39 Å². The smallest absolute Gasteiger partial charge is 0.231 e. The SMILES string of the molecule is COc1cc(OC)c(OC)cc1/C=C1\Oc2c(cc3c(c2C)OCN(Cc2ccc(F)cc2)C3)C1=O. The summed E-state index contributed by atoms with van der Waals surface area (Å²) in [5, 5.41) is 0. The third kappa shape index (κ3) is 4.24. The van der Waals surface area contributed by atoms with E-state index in [0.29, 0.717) is 53.9 Å². The Morgan fingerprint density at radius 1 is 0.972 bits per heavy atom. The first kappa shape index (κ1) is 23.7. The monoisotopic (exact) mass is 491 g/mol. The molecule has 2 aliphatic heterocycles. The molecule has 186 valence electrons. The van der Waals surface area contributed by atoms with E-state index in [4.69, 9.17) is 23.7 Å². The summed E-state index contributed by atoms with van der Waals surface area (Å²) in [6.07, 6.45) is 1.64. The number of benzene rings is 3. The maximum atomic E-state index is 13.3. The minimum absolute atomic E-state index is 0.184. The lowest BCUT2D eigenvalue weighted by molar-refractivity contribution is 0.0876. The summed E-state index contributed by atoms with van der Waals surface area (Å²) in [6.45, 7) is 3.46. The van der Waals surface area contributed by atoms with Crippen LogP contribution in [0.15, 0.2) is 48.2 Å². The molecular formula is C28H26FNO6. The number of hydrogen-bond donors (Lipinski definition) is 0. The highest BCUT2D eigenvalue weighted by molar-refractivity contribution is 6.15. The van der Waals surface area contributed by atoms with E-state index >= 15 is 0 Å². The Morgan fingerprint density at radius 3 is 2.36 bits per heavy atom. The van der Waals surface area contributed by atoms with Gasteiger partial charge in [0, 0.05) is 35.8 Å². The fraction of sp³-hybridized carbons (Fsp3) is 0.250. The maximum absolute atomic E-state index is 13.3. The number of ketones is 1. The molecule has 7 nitrogen and oxygen atoms in total. The summed E-state index contributed by atoms with van der Waals surface area (Å²) < 4.78 is 41.6. The molecule has 0 N–H and O–H groups in total. The molecule has 3 aromatic carbocycles. The zero-order valence-electron chi connectivity index (χ0n) is 20.5. The van der Waals surface area contributed by atoms with Gasteiger partial charge in [0.05, 0.1) is 26.9 Å². The van der Waals surface area contributed by atoms with Crippen molar-refractivity contribution in [1.82, 2.24) is 4.90 Å². The average molecular weight is 492 g/mol. The van der Waals surface area contributed by atoms with Crippen LogP contribution < -0.4 is 23.7 Å². The highest BCUT2D eigenvalue weighted by Crippen LogP contribution is 2.44. The minimum atomic E-state index is -0.266. The summed E-state index contributed by atoms with van der Waals surface area (Å²) in [4.78, 5) is 15.4. The van der Waals surface area contributed by atoms with E-state index in [1.54, 1.807) is 51.7 Å². The average Bonchev–Trinajstić information content (AvgIpc) is 3.20. The molecule has 0 unspecified atom stereocenters. The number of methoxy groups -OCH3 is 3. The van der Waals surface area contributed by atoms with Gasteiger partial charge in [0.1, 0.15) is 29.8 Å². The van der Waals surface area contributed by atoms with Gasteiger partial charge in [-0.15, -0.1) is 0 Å². The predicted octanol–water partition coefficient (Wildman–Crippen LogP) is 5.13. The maximum Gasteiger partial charge on any atom is 0.231 e. The number of nitrogens with zero attached hydrogens (tertiary/aromatic N) is 1. The van der Waals surface area contributed by atoms with Gasteiger partial charge in [0.15, 0.2) is 17.3 Å². The van der Waals surface area contributed by atoms with Crippen molar-refractivity contribution in [3.63, 3.8) is 0 Å². The van der Waals surface area contributed by atoms with Crippen LogP contribution in [0.25, 0.3) is 6.08 Å². The van der Waals surface area contributed by atoms with Crippen LogP contribution in [0.3, 0.4) is 0 Å². The van der Waals surface area contributed by atoms with Crippen LogP contribution in [-0.2, 0) is 13.1 Å². The van der Waals surface area contributed by atoms with Crippen LogP contribution in [0.1, 0.15) is 32.6 Å². The minimum Gasteiger partial charge on any atom is -0.496 e. The van der Waals surface area contributed by atoms with Crippen molar-refractivity contribution in [1.29, 1.82) is 0 Å². The lowest BCUT2D eigenvalue weighted by Crippen LogP contribution is -2.32. The summed E-state index contributed by atoms with van der Waals surface area (Å²) >= 11 is 0. The fourth-order valence-corrected chi connectivity index (χ4v) is 4.55. The summed E-state index contributed by atoms with van der Waals surface area (Å²) in [6, 6.07) is 11.7. The number of rotatable bonds is 6. The van der Waals surface area contributed by atoms with Gasteiger partial charge >= 0.3 is 0 Å². The molecule has 0 radical (unpaired) electrons. The molecule has 0 atom stereocenters. The van der Waals surface area contributed by atoms with Crippen molar-refractivity contribution in [2.45, 2.75) is 20.0 Å². The number of Topliss-reactive ketones (excluding diaryl/α,β-unsaturated/α-hetero) is 1. The summed E-state index contributed by atoms with van der Waals surface area (Å²) in [5.74, 6) is 2.46. The van der Waals surface area contributed by atoms with E-state index < -0.39 is 0 Å². The molecular weight excluding hydrogens is 465 g/mol. The van der Waals surface area contributed by atoms with E-state index in [1.807, 2.05) is 13.0 Å². The number of carbonyl (C=O) groups excluding carboxylic acids is 1. The van der Waals surface area contributed by atoms with E-state index in [-0.39, 0.29) is 17.4 Å². The van der Waals surface area contributed by atoms with Crippen molar-refractivity contribution in [3.8, 4) is 28.7 Å². The van der Waals surface area contributed by atoms with E-state index in [9.17, 15) is 9.18 Å². The van der Waals surface area contributed by atoms with Gasteiger partial charge in [0.2, 0.25) is 5.78 Å². The highest BCUT2D eigenvalue weighted by atomic mass is 19.1. The molecule has 5 rings (SSSR count). The molecule has 2 aliphatic rings. The molecule has 8 heteroatoms. The van der Waals surface area contributed by atoms with Crippen molar-refractivity contribution in [3.05, 3.63) is 81.9 Å². The van der Waals surface area contributed by atoms with Crippen LogP contribution in [-0.4, -0.2) is 38.7 Å². The molecule has 2 heterocycles. The Bertz CT molecular complexity index is 1370. The van der Waals surface area contributed by atoms with Gasteiger partial charge in [-0.3, -0.25) is 9.69 Å². The summed E-state index contributed by atoms with van der Waals surface area (Å²) in [7, 11) is 4.63. The zero-order valence-corrected chi connectivity index (χ0v) is 20.5. The summed E-state index contributed by atoms with van der Waals surface area (Å²) in [5.41, 5.74) is 3.77. The van der Waals surface area contributed by atoms with Gasteiger partial charge in [-0.2, -0.15) is 0 Å². The molecule has 0 saturated carbocycles. The zero-order chi connectivity index (χ0) is 25.4. The van der Waals surface area contributed by atoms with Crippen molar-refractivity contribution < 1.29 is 32.9 Å². The van der Waals surface area contributed by atoms with Crippen LogP contribution in [0.2, 0.25) is 0 Å². The number of ether oxygens (including phenoxy) is 5. The fourth-order valence-electron chi connectivity index (χ4n) is 4.55. The molecule has 0 aliphatic carbocycles. The van der Waals surface area contributed by atoms with Gasteiger partial charge in [0.25, 0.3) is 0 Å². The molecule has 0 aromatic heterocycles. The molecule has 0 bridgehead atoms. The van der Waals surface area contributed by atoms with Gasteiger partial charge < -0.3 is 23.7 Å². The van der Waals surface area contributed by atoms with E-state index in [0.717, 1.165) is 22.4 Å². The molecule has 3 aromatic rings. The molecule has 0 saturated heterocycles. The Morgan fingerprint density at radius 2 is 1.67 bits per heavy atom. The molecule has 0 amide bonds. The van der Waals surface area contributed by atoms with E-state index in [2.05, 4.69) is 4.90 Å². The van der Waals surface area contributed by atoms with Crippen LogP contribution in [0, 0.1) is 12.7 Å². The van der Waals surface area contributed by atoms with Gasteiger partial charge in [-0.25, -0.2) is 4.39 Å². The Balaban J connectivity index is 1.44. The second-order valence-electron chi connectivity index (χ2n) is 8.64. The number of carbonyl (C=O) groups is 1. The third-order valence-electron chi connectivity index (χ3n) is 6.34. The Hall–Kier alpha value is -4.04. The topological polar surface area (TPSA) is 66.5 Å². The first-order chi connectivity index (χ1) is 17.4. The highest BCUT2D eigenvalue weighted by Gasteiger charge is 2.34. The largest absolute Gasteiger partial charge is 0.496 e. The van der Waals surface area contributed by atoms with Crippen molar-refractivity contribution >= 4 is 11.9 Å². The number of hydrogen-bond acceptors (Lipinski definition) is 7. The second kappa shape index (κ2) is 9.54. The molecule has 0 spiro atoms. The van der Waals surface area contributed by atoms with Crippen molar-refractivity contribution in [2.75, 3.05) is 28.1 Å². The van der Waals surface area contributed by atoms with Gasteiger partial charge in [-0.1, -0.05) is 12.1 Å². The van der Waals surface area contributed by atoms with Crippen LogP contribution in [0.5, 0.6) is 28.7 Å². The molecule has 36 heavy (non-hydrogen) atoms. The second-order valence-corrected chi connectivity index (χ2v) is 8.64. The lowest BCUT2D eigenvalue weighted by atomic mass is 9.99. The number of fused-ring (bicyclic) bond motifs is 2. The Kier molecular flexibility index (Phi) is 6.28. The first-order valence-electron chi connectivity index (χ1n) is 11.4.